The molecule has 1 heterocycles. The van der Waals surface area contributed by atoms with E-state index in [0.29, 0.717) is 0 Å². The summed E-state index contributed by atoms with van der Waals surface area (Å²) in [4.78, 5) is 4.84. The first-order valence-corrected chi connectivity index (χ1v) is 6.48. The molecule has 0 saturated heterocycles. The number of benzene rings is 1. The highest BCUT2D eigenvalue weighted by molar-refractivity contribution is 5.59. The quantitative estimate of drug-likeness (QED) is 0.665. The average molecular weight is 223 g/mol. The number of aryl methyl sites for hydroxylation is 2. The zero-order valence-electron chi connectivity index (χ0n) is 10.0. The minimum absolute atomic E-state index is 1.12. The first-order chi connectivity index (χ1) is 8.43. The first-order valence-electron chi connectivity index (χ1n) is 6.48. The zero-order valence-corrected chi connectivity index (χ0v) is 10.0. The molecule has 1 aliphatic carbocycles. The second-order valence-corrected chi connectivity index (χ2v) is 4.73. The van der Waals surface area contributed by atoms with Gasteiger partial charge in [0.25, 0.3) is 0 Å². The molecule has 1 aliphatic rings. The van der Waals surface area contributed by atoms with Crippen LogP contribution in [0.4, 0.5) is 0 Å². The number of hydrogen-bond acceptors (Lipinski definition) is 1. The molecule has 0 aliphatic heterocycles. The number of aromatic nitrogens is 1. The molecule has 1 aromatic carbocycles. The summed E-state index contributed by atoms with van der Waals surface area (Å²) in [5.74, 6) is 0. The first kappa shape index (κ1) is 10.5. The number of hydrogen-bond donors (Lipinski definition) is 0. The van der Waals surface area contributed by atoms with Gasteiger partial charge in [0.1, 0.15) is 0 Å². The van der Waals surface area contributed by atoms with E-state index in [4.69, 9.17) is 4.98 Å². The van der Waals surface area contributed by atoms with Crippen molar-refractivity contribution in [1.82, 2.24) is 4.98 Å². The Labute approximate surface area is 103 Å². The molecule has 2 aromatic rings. The van der Waals surface area contributed by atoms with E-state index < -0.39 is 0 Å². The van der Waals surface area contributed by atoms with Crippen LogP contribution in [0.25, 0.3) is 11.3 Å². The summed E-state index contributed by atoms with van der Waals surface area (Å²) in [5.41, 5.74) is 5.12. The monoisotopic (exact) mass is 223 g/mol. The summed E-state index contributed by atoms with van der Waals surface area (Å²) < 4.78 is 0. The van der Waals surface area contributed by atoms with Gasteiger partial charge < -0.3 is 0 Å². The maximum Gasteiger partial charge on any atom is 0.0705 e. The number of pyridine rings is 1. The van der Waals surface area contributed by atoms with E-state index in [1.54, 1.807) is 0 Å². The van der Waals surface area contributed by atoms with Gasteiger partial charge in [-0.15, -0.1) is 0 Å². The molecular weight excluding hydrogens is 206 g/mol. The van der Waals surface area contributed by atoms with E-state index in [1.807, 2.05) is 6.07 Å². The summed E-state index contributed by atoms with van der Waals surface area (Å²) in [7, 11) is 0. The number of fused-ring (bicyclic) bond motifs is 1. The van der Waals surface area contributed by atoms with Gasteiger partial charge in [-0.1, -0.05) is 42.8 Å². The van der Waals surface area contributed by atoms with Crippen molar-refractivity contribution in [3.05, 3.63) is 53.7 Å². The normalized spacial score (nSPS) is 15.1. The Bertz CT molecular complexity index is 502. The molecule has 17 heavy (non-hydrogen) atoms. The Morgan fingerprint density at radius 1 is 0.765 bits per heavy atom. The van der Waals surface area contributed by atoms with E-state index in [2.05, 4.69) is 36.4 Å². The van der Waals surface area contributed by atoms with Gasteiger partial charge in [-0.2, -0.15) is 0 Å². The fourth-order valence-electron chi connectivity index (χ4n) is 2.53. The summed E-state index contributed by atoms with van der Waals surface area (Å²) in [5, 5.41) is 0. The smallest absolute Gasteiger partial charge is 0.0705 e. The van der Waals surface area contributed by atoms with Crippen LogP contribution in [0.3, 0.4) is 0 Å². The van der Waals surface area contributed by atoms with Crippen molar-refractivity contribution in [2.45, 2.75) is 32.1 Å². The van der Waals surface area contributed by atoms with Crippen LogP contribution in [-0.4, -0.2) is 4.98 Å². The molecule has 0 spiro atoms. The molecule has 0 fully saturated rings. The van der Waals surface area contributed by atoms with Gasteiger partial charge in [0.05, 0.1) is 5.69 Å². The fourth-order valence-corrected chi connectivity index (χ4v) is 2.53. The topological polar surface area (TPSA) is 12.9 Å². The lowest BCUT2D eigenvalue weighted by Gasteiger charge is -2.07. The predicted molar refractivity (Wildman–Crippen MR) is 70.9 cm³/mol. The van der Waals surface area contributed by atoms with Crippen LogP contribution in [0.2, 0.25) is 0 Å². The lowest BCUT2D eigenvalue weighted by atomic mass is 10.1. The van der Waals surface area contributed by atoms with E-state index >= 15 is 0 Å². The van der Waals surface area contributed by atoms with Crippen molar-refractivity contribution in [3.8, 4) is 11.3 Å². The number of rotatable bonds is 1. The molecule has 0 radical (unpaired) electrons. The lowest BCUT2D eigenvalue weighted by Crippen LogP contribution is -1.96. The van der Waals surface area contributed by atoms with Crippen LogP contribution >= 0.6 is 0 Å². The highest BCUT2D eigenvalue weighted by Crippen LogP contribution is 2.23. The van der Waals surface area contributed by atoms with Gasteiger partial charge in [0.2, 0.25) is 0 Å². The molecule has 1 heteroatoms. The maximum atomic E-state index is 4.84. The number of nitrogens with zero attached hydrogens (tertiary/aromatic N) is 1. The van der Waals surface area contributed by atoms with E-state index in [-0.39, 0.29) is 0 Å². The van der Waals surface area contributed by atoms with Gasteiger partial charge in [0.15, 0.2) is 0 Å². The third kappa shape index (κ3) is 2.23. The minimum Gasteiger partial charge on any atom is -0.253 e. The predicted octanol–water partition coefficient (Wildman–Crippen LogP) is 4.02. The highest BCUT2D eigenvalue weighted by atomic mass is 14.7. The van der Waals surface area contributed by atoms with Crippen molar-refractivity contribution in [2.75, 3.05) is 0 Å². The molecule has 0 amide bonds. The largest absolute Gasteiger partial charge is 0.253 e. The molecule has 3 rings (SSSR count). The SMILES string of the molecule is c1ccc(-c2ccc3c(n2)CCCCC3)cc1. The van der Waals surface area contributed by atoms with Crippen LogP contribution < -0.4 is 0 Å². The van der Waals surface area contributed by atoms with Gasteiger partial charge >= 0.3 is 0 Å². The Hall–Kier alpha value is -1.63. The van der Waals surface area contributed by atoms with Crippen LogP contribution in [0.15, 0.2) is 42.5 Å². The van der Waals surface area contributed by atoms with Crippen LogP contribution in [-0.2, 0) is 12.8 Å². The molecule has 86 valence electrons. The lowest BCUT2D eigenvalue weighted by molar-refractivity contribution is 0.709. The van der Waals surface area contributed by atoms with Crippen LogP contribution in [0.5, 0.6) is 0 Å². The summed E-state index contributed by atoms with van der Waals surface area (Å²) >= 11 is 0. The molecule has 0 bridgehead atoms. The Morgan fingerprint density at radius 2 is 1.59 bits per heavy atom. The van der Waals surface area contributed by atoms with Gasteiger partial charge in [-0.25, -0.2) is 0 Å². The second kappa shape index (κ2) is 4.70. The van der Waals surface area contributed by atoms with Crippen molar-refractivity contribution in [1.29, 1.82) is 0 Å². The van der Waals surface area contributed by atoms with Crippen molar-refractivity contribution in [2.24, 2.45) is 0 Å². The molecule has 0 saturated carbocycles. The van der Waals surface area contributed by atoms with Crippen molar-refractivity contribution < 1.29 is 0 Å². The van der Waals surface area contributed by atoms with Crippen molar-refractivity contribution >= 4 is 0 Å². The molecular formula is C16H17N. The average Bonchev–Trinajstić information content (AvgIpc) is 2.64. The Balaban J connectivity index is 2.00. The molecule has 1 nitrogen and oxygen atoms in total. The summed E-state index contributed by atoms with van der Waals surface area (Å²) in [6.45, 7) is 0. The molecule has 0 atom stereocenters. The van der Waals surface area contributed by atoms with Gasteiger partial charge in [-0.05, 0) is 37.3 Å². The van der Waals surface area contributed by atoms with Gasteiger partial charge in [-0.3, -0.25) is 4.98 Å². The minimum atomic E-state index is 1.12. The summed E-state index contributed by atoms with van der Waals surface area (Å²) in [6, 6.07) is 14.9. The van der Waals surface area contributed by atoms with E-state index in [1.165, 1.54) is 42.5 Å². The maximum absolute atomic E-state index is 4.84. The third-order valence-electron chi connectivity index (χ3n) is 3.50. The van der Waals surface area contributed by atoms with Crippen molar-refractivity contribution in [3.63, 3.8) is 0 Å². The van der Waals surface area contributed by atoms with E-state index in [0.717, 1.165) is 12.1 Å². The molecule has 0 unspecified atom stereocenters. The Kier molecular flexibility index (Phi) is 2.91. The fraction of sp³-hybridized carbons (Fsp3) is 0.312. The molecule has 1 aromatic heterocycles. The van der Waals surface area contributed by atoms with Crippen LogP contribution in [0, 0.1) is 0 Å². The third-order valence-corrected chi connectivity index (χ3v) is 3.50. The summed E-state index contributed by atoms with van der Waals surface area (Å²) in [6.07, 6.45) is 6.31. The van der Waals surface area contributed by atoms with E-state index in [9.17, 15) is 0 Å². The standard InChI is InChI=1S/C16H17N/c1-3-7-13(8-4-1)16-12-11-14-9-5-2-6-10-15(14)17-16/h1,3-4,7-8,11-12H,2,5-6,9-10H2. The molecule has 0 N–H and O–H groups in total. The highest BCUT2D eigenvalue weighted by Gasteiger charge is 2.10. The van der Waals surface area contributed by atoms with Crippen LogP contribution in [0.1, 0.15) is 30.5 Å². The van der Waals surface area contributed by atoms with Gasteiger partial charge in [0, 0.05) is 11.3 Å². The zero-order chi connectivity index (χ0) is 11.5. The Morgan fingerprint density at radius 3 is 2.47 bits per heavy atom. The second-order valence-electron chi connectivity index (χ2n) is 4.73.